The van der Waals surface area contributed by atoms with Crippen LogP contribution >= 0.6 is 0 Å². The number of nitro groups is 1. The lowest BCUT2D eigenvalue weighted by Crippen LogP contribution is -2.41. The van der Waals surface area contributed by atoms with E-state index >= 15 is 0 Å². The molecule has 0 saturated heterocycles. The van der Waals surface area contributed by atoms with Gasteiger partial charge in [-0.3, -0.25) is 14.9 Å². The van der Waals surface area contributed by atoms with Gasteiger partial charge in [0.25, 0.3) is 11.6 Å². The maximum atomic E-state index is 12.7. The van der Waals surface area contributed by atoms with Crippen LogP contribution in [0.25, 0.3) is 0 Å². The van der Waals surface area contributed by atoms with Crippen LogP contribution in [0.4, 0.5) is 11.4 Å². The Hall–Kier alpha value is -3.40. The van der Waals surface area contributed by atoms with Crippen LogP contribution in [0.2, 0.25) is 0 Å². The predicted octanol–water partition coefficient (Wildman–Crippen LogP) is 3.31. The van der Waals surface area contributed by atoms with Gasteiger partial charge in [-0.05, 0) is 31.2 Å². The second-order valence-electron chi connectivity index (χ2n) is 5.24. The van der Waals surface area contributed by atoms with E-state index < -0.39 is 11.0 Å². The van der Waals surface area contributed by atoms with Gasteiger partial charge >= 0.3 is 0 Å². The lowest BCUT2D eigenvalue weighted by molar-refractivity contribution is -0.384. The van der Waals surface area contributed by atoms with E-state index in [1.54, 1.807) is 19.1 Å². The van der Waals surface area contributed by atoms with Crippen LogP contribution in [0.3, 0.4) is 0 Å². The third-order valence-electron chi connectivity index (χ3n) is 3.49. The average molecular weight is 339 g/mol. The van der Waals surface area contributed by atoms with Crippen LogP contribution in [-0.4, -0.2) is 23.5 Å². The number of ether oxygens (including phenoxy) is 1. The molecule has 0 saturated carbocycles. The van der Waals surface area contributed by atoms with Crippen molar-refractivity contribution < 1.29 is 14.5 Å². The molecule has 7 nitrogen and oxygen atoms in total. The van der Waals surface area contributed by atoms with Gasteiger partial charge in [0.1, 0.15) is 5.75 Å². The SMILES string of the molecule is C[C@@H](Oc1ccc([N+](=O)[O-])cc1)C(=O)N(CCC#N)c1ccccc1. The number of para-hydroxylation sites is 1. The summed E-state index contributed by atoms with van der Waals surface area (Å²) in [6.45, 7) is 1.86. The van der Waals surface area contributed by atoms with Crippen LogP contribution in [0.5, 0.6) is 5.75 Å². The van der Waals surface area contributed by atoms with E-state index in [1.165, 1.54) is 29.2 Å². The van der Waals surface area contributed by atoms with Gasteiger partial charge in [0.2, 0.25) is 0 Å². The molecule has 0 N–H and O–H groups in total. The number of hydrogen-bond acceptors (Lipinski definition) is 5. The Morgan fingerprint density at radius 2 is 1.88 bits per heavy atom. The van der Waals surface area contributed by atoms with Gasteiger partial charge in [-0.15, -0.1) is 0 Å². The molecule has 7 heteroatoms. The zero-order valence-electron chi connectivity index (χ0n) is 13.7. The highest BCUT2D eigenvalue weighted by Gasteiger charge is 2.23. The summed E-state index contributed by atoms with van der Waals surface area (Å²) < 4.78 is 5.60. The number of benzene rings is 2. The molecule has 2 aromatic rings. The number of carbonyl (C=O) groups is 1. The topological polar surface area (TPSA) is 96.5 Å². The Bertz CT molecular complexity index is 769. The summed E-state index contributed by atoms with van der Waals surface area (Å²) in [5, 5.41) is 19.5. The highest BCUT2D eigenvalue weighted by Crippen LogP contribution is 2.20. The first-order valence-electron chi connectivity index (χ1n) is 7.67. The fraction of sp³-hybridized carbons (Fsp3) is 0.222. The first kappa shape index (κ1) is 17.9. The van der Waals surface area contributed by atoms with Crippen molar-refractivity contribution in [3.8, 4) is 11.8 Å². The monoisotopic (exact) mass is 339 g/mol. The molecule has 2 rings (SSSR count). The minimum atomic E-state index is -0.805. The quantitative estimate of drug-likeness (QED) is 0.569. The van der Waals surface area contributed by atoms with Crippen molar-refractivity contribution in [2.24, 2.45) is 0 Å². The molecule has 0 unspecified atom stereocenters. The molecule has 0 fully saturated rings. The second kappa shape index (κ2) is 8.45. The molecule has 0 radical (unpaired) electrons. The summed E-state index contributed by atoms with van der Waals surface area (Å²) in [5.74, 6) is 0.0690. The summed E-state index contributed by atoms with van der Waals surface area (Å²) in [6, 6.07) is 16.6. The lowest BCUT2D eigenvalue weighted by atomic mass is 10.2. The van der Waals surface area contributed by atoms with E-state index in [-0.39, 0.29) is 24.6 Å². The number of anilines is 1. The fourth-order valence-corrected chi connectivity index (χ4v) is 2.26. The first-order valence-corrected chi connectivity index (χ1v) is 7.67. The van der Waals surface area contributed by atoms with Gasteiger partial charge in [0.05, 0.1) is 17.4 Å². The van der Waals surface area contributed by atoms with Gasteiger partial charge in [0, 0.05) is 24.4 Å². The van der Waals surface area contributed by atoms with Gasteiger partial charge in [-0.1, -0.05) is 18.2 Å². The van der Waals surface area contributed by atoms with Crippen molar-refractivity contribution in [3.63, 3.8) is 0 Å². The molecule has 1 amide bonds. The Morgan fingerprint density at radius 1 is 1.24 bits per heavy atom. The van der Waals surface area contributed by atoms with E-state index in [1.807, 2.05) is 24.3 Å². The number of non-ortho nitro benzene ring substituents is 1. The zero-order chi connectivity index (χ0) is 18.2. The number of nitrogens with zero attached hydrogens (tertiary/aromatic N) is 3. The van der Waals surface area contributed by atoms with Crippen LogP contribution in [-0.2, 0) is 4.79 Å². The number of carbonyl (C=O) groups excluding carboxylic acids is 1. The molecule has 1 atom stereocenters. The van der Waals surface area contributed by atoms with Crippen molar-refractivity contribution in [2.75, 3.05) is 11.4 Å². The Morgan fingerprint density at radius 3 is 2.44 bits per heavy atom. The third kappa shape index (κ3) is 4.78. The van der Waals surface area contributed by atoms with E-state index in [9.17, 15) is 14.9 Å². The van der Waals surface area contributed by atoms with Crippen molar-refractivity contribution in [3.05, 3.63) is 64.7 Å². The molecule has 2 aromatic carbocycles. The fourth-order valence-electron chi connectivity index (χ4n) is 2.26. The van der Waals surface area contributed by atoms with Gasteiger partial charge in [0.15, 0.2) is 6.10 Å². The standard InChI is InChI=1S/C18H17N3O4/c1-14(25-17-10-8-16(9-11-17)21(23)24)18(22)20(13-5-12-19)15-6-3-2-4-7-15/h2-4,6-11,14H,5,13H2,1H3/t14-/m1/s1. The summed E-state index contributed by atoms with van der Waals surface area (Å²) in [6.07, 6.45) is -0.606. The van der Waals surface area contributed by atoms with E-state index in [0.717, 1.165) is 0 Å². The summed E-state index contributed by atoms with van der Waals surface area (Å²) in [7, 11) is 0. The smallest absolute Gasteiger partial charge is 0.269 e. The van der Waals surface area contributed by atoms with Gasteiger partial charge < -0.3 is 9.64 Å². The van der Waals surface area contributed by atoms with E-state index in [0.29, 0.717) is 11.4 Å². The minimum absolute atomic E-state index is 0.0498. The van der Waals surface area contributed by atoms with Crippen LogP contribution < -0.4 is 9.64 Å². The predicted molar refractivity (Wildman–Crippen MR) is 92.2 cm³/mol. The highest BCUT2D eigenvalue weighted by atomic mass is 16.6. The Balaban J connectivity index is 2.12. The number of nitriles is 1. The summed E-state index contributed by atoms with van der Waals surface area (Å²) in [5.41, 5.74) is 0.633. The Labute approximate surface area is 145 Å². The average Bonchev–Trinajstić information content (AvgIpc) is 2.63. The zero-order valence-corrected chi connectivity index (χ0v) is 13.7. The second-order valence-corrected chi connectivity index (χ2v) is 5.24. The molecule has 0 spiro atoms. The van der Waals surface area contributed by atoms with E-state index in [4.69, 9.17) is 10.00 Å². The van der Waals surface area contributed by atoms with Crippen LogP contribution in [0.1, 0.15) is 13.3 Å². The Kier molecular flexibility index (Phi) is 6.07. The largest absolute Gasteiger partial charge is 0.481 e. The normalized spacial score (nSPS) is 11.2. The molecule has 25 heavy (non-hydrogen) atoms. The van der Waals surface area contributed by atoms with Crippen LogP contribution in [0, 0.1) is 21.4 Å². The molecular formula is C18H17N3O4. The maximum absolute atomic E-state index is 12.7. The lowest BCUT2D eigenvalue weighted by Gasteiger charge is -2.25. The number of hydrogen-bond donors (Lipinski definition) is 0. The molecule has 0 aliphatic carbocycles. The molecule has 0 aliphatic rings. The molecule has 0 aromatic heterocycles. The number of amides is 1. The molecule has 128 valence electrons. The first-order chi connectivity index (χ1) is 12.0. The summed E-state index contributed by atoms with van der Waals surface area (Å²) in [4.78, 5) is 24.4. The van der Waals surface area contributed by atoms with Crippen molar-refractivity contribution in [1.82, 2.24) is 0 Å². The number of rotatable bonds is 7. The molecule has 0 aliphatic heterocycles. The van der Waals surface area contributed by atoms with E-state index in [2.05, 4.69) is 0 Å². The van der Waals surface area contributed by atoms with Gasteiger partial charge in [-0.2, -0.15) is 5.26 Å². The molecule has 0 bridgehead atoms. The summed E-state index contributed by atoms with van der Waals surface area (Å²) >= 11 is 0. The van der Waals surface area contributed by atoms with Gasteiger partial charge in [-0.25, -0.2) is 0 Å². The minimum Gasteiger partial charge on any atom is -0.481 e. The molecule has 0 heterocycles. The van der Waals surface area contributed by atoms with Crippen molar-refractivity contribution in [2.45, 2.75) is 19.4 Å². The highest BCUT2D eigenvalue weighted by molar-refractivity contribution is 5.96. The van der Waals surface area contributed by atoms with Crippen molar-refractivity contribution in [1.29, 1.82) is 5.26 Å². The maximum Gasteiger partial charge on any atom is 0.269 e. The van der Waals surface area contributed by atoms with Crippen LogP contribution in [0.15, 0.2) is 54.6 Å². The number of nitro benzene ring substituents is 1. The third-order valence-corrected chi connectivity index (χ3v) is 3.49. The van der Waals surface area contributed by atoms with Crippen molar-refractivity contribution >= 4 is 17.3 Å². The molecular weight excluding hydrogens is 322 g/mol.